The van der Waals surface area contributed by atoms with Gasteiger partial charge in [0, 0.05) is 19.5 Å². The SMILES string of the molecule is CC(C)C[C@H]1C(=O)N2C[C@H](O)CC2C(=O)N1Cc1ccccc1. The van der Waals surface area contributed by atoms with Gasteiger partial charge in [-0.05, 0) is 17.9 Å². The molecule has 5 heteroatoms. The fraction of sp³-hybridized carbons (Fsp3) is 0.556. The molecule has 0 saturated carbocycles. The highest BCUT2D eigenvalue weighted by atomic mass is 16.3. The molecule has 0 aliphatic carbocycles. The van der Waals surface area contributed by atoms with E-state index in [1.165, 1.54) is 0 Å². The predicted octanol–water partition coefficient (Wildman–Crippen LogP) is 1.41. The second-order valence-electron chi connectivity index (χ2n) is 6.99. The Bertz CT molecular complexity index is 587. The summed E-state index contributed by atoms with van der Waals surface area (Å²) >= 11 is 0. The second-order valence-corrected chi connectivity index (χ2v) is 6.99. The minimum atomic E-state index is -0.593. The Kier molecular flexibility index (Phi) is 4.39. The largest absolute Gasteiger partial charge is 0.391 e. The van der Waals surface area contributed by atoms with Gasteiger partial charge >= 0.3 is 0 Å². The van der Waals surface area contributed by atoms with Crippen molar-refractivity contribution in [2.75, 3.05) is 6.54 Å². The van der Waals surface area contributed by atoms with Crippen LogP contribution in [0, 0.1) is 5.92 Å². The summed E-state index contributed by atoms with van der Waals surface area (Å²) in [4.78, 5) is 29.1. The number of nitrogens with zero attached hydrogens (tertiary/aromatic N) is 2. The first kappa shape index (κ1) is 16.0. The summed E-state index contributed by atoms with van der Waals surface area (Å²) in [6.07, 6.45) is 0.408. The van der Waals surface area contributed by atoms with Crippen LogP contribution < -0.4 is 0 Å². The van der Waals surface area contributed by atoms with Gasteiger partial charge in [0.15, 0.2) is 0 Å². The van der Waals surface area contributed by atoms with Crippen LogP contribution in [0.15, 0.2) is 30.3 Å². The number of fused-ring (bicyclic) bond motifs is 1. The van der Waals surface area contributed by atoms with E-state index in [9.17, 15) is 14.7 Å². The van der Waals surface area contributed by atoms with E-state index in [4.69, 9.17) is 0 Å². The third kappa shape index (κ3) is 3.11. The van der Waals surface area contributed by atoms with Gasteiger partial charge in [-0.1, -0.05) is 44.2 Å². The number of rotatable bonds is 4. The number of benzene rings is 1. The Morgan fingerprint density at radius 1 is 1.17 bits per heavy atom. The van der Waals surface area contributed by atoms with Gasteiger partial charge in [0.2, 0.25) is 11.8 Å². The minimum absolute atomic E-state index is 0.0178. The van der Waals surface area contributed by atoms with Crippen LogP contribution in [0.25, 0.3) is 0 Å². The number of piperazine rings is 1. The molecule has 5 nitrogen and oxygen atoms in total. The molecule has 2 aliphatic heterocycles. The van der Waals surface area contributed by atoms with Crippen LogP contribution in [0.5, 0.6) is 0 Å². The highest BCUT2D eigenvalue weighted by molar-refractivity contribution is 5.97. The molecular formula is C18H24N2O3. The number of carbonyl (C=O) groups is 2. The van der Waals surface area contributed by atoms with Gasteiger partial charge in [0.1, 0.15) is 12.1 Å². The Labute approximate surface area is 136 Å². The number of aliphatic hydroxyl groups excluding tert-OH is 1. The van der Waals surface area contributed by atoms with Gasteiger partial charge in [-0.25, -0.2) is 0 Å². The van der Waals surface area contributed by atoms with E-state index < -0.39 is 18.2 Å². The first-order valence-corrected chi connectivity index (χ1v) is 8.30. The van der Waals surface area contributed by atoms with Gasteiger partial charge in [-0.2, -0.15) is 0 Å². The van der Waals surface area contributed by atoms with Gasteiger partial charge < -0.3 is 14.9 Å². The van der Waals surface area contributed by atoms with Crippen LogP contribution >= 0.6 is 0 Å². The summed E-state index contributed by atoms with van der Waals surface area (Å²) in [6, 6.07) is 8.84. The zero-order chi connectivity index (χ0) is 16.6. The van der Waals surface area contributed by atoms with Crippen molar-refractivity contribution < 1.29 is 14.7 Å². The van der Waals surface area contributed by atoms with Crippen molar-refractivity contribution in [1.29, 1.82) is 0 Å². The minimum Gasteiger partial charge on any atom is -0.391 e. The number of carbonyl (C=O) groups excluding carboxylic acids is 2. The summed E-state index contributed by atoms with van der Waals surface area (Å²) in [5.74, 6) is 0.269. The molecule has 23 heavy (non-hydrogen) atoms. The molecule has 1 unspecified atom stereocenters. The molecule has 1 aromatic carbocycles. The lowest BCUT2D eigenvalue weighted by atomic mass is 9.96. The first-order chi connectivity index (χ1) is 11.0. The van der Waals surface area contributed by atoms with Crippen LogP contribution in [0.3, 0.4) is 0 Å². The molecule has 0 aromatic heterocycles. The quantitative estimate of drug-likeness (QED) is 0.913. The lowest BCUT2D eigenvalue weighted by Gasteiger charge is -2.42. The monoisotopic (exact) mass is 316 g/mol. The van der Waals surface area contributed by atoms with E-state index in [0.29, 0.717) is 25.3 Å². The van der Waals surface area contributed by atoms with Gasteiger partial charge in [0.25, 0.3) is 0 Å². The van der Waals surface area contributed by atoms with E-state index >= 15 is 0 Å². The molecule has 124 valence electrons. The van der Waals surface area contributed by atoms with Crippen molar-refractivity contribution in [3.05, 3.63) is 35.9 Å². The summed E-state index contributed by atoms with van der Waals surface area (Å²) in [7, 11) is 0. The van der Waals surface area contributed by atoms with Crippen molar-refractivity contribution in [3.63, 3.8) is 0 Å². The van der Waals surface area contributed by atoms with Crippen molar-refractivity contribution in [3.8, 4) is 0 Å². The Morgan fingerprint density at radius 3 is 2.52 bits per heavy atom. The standard InChI is InChI=1S/C18H24N2O3/c1-12(2)8-15-17(22)20-11-14(21)9-16(20)18(23)19(15)10-13-6-4-3-5-7-13/h3-7,12,14-16,21H,8-11H2,1-2H3/t14-,15+,16?/m1/s1. The van der Waals surface area contributed by atoms with Gasteiger partial charge in [-0.15, -0.1) is 0 Å². The van der Waals surface area contributed by atoms with Crippen LogP contribution in [0.1, 0.15) is 32.3 Å². The first-order valence-electron chi connectivity index (χ1n) is 8.30. The number of amides is 2. The molecule has 0 radical (unpaired) electrons. The molecule has 2 amide bonds. The molecular weight excluding hydrogens is 292 g/mol. The molecule has 2 heterocycles. The zero-order valence-corrected chi connectivity index (χ0v) is 13.7. The summed E-state index contributed by atoms with van der Waals surface area (Å²) in [5, 5.41) is 9.88. The van der Waals surface area contributed by atoms with E-state index in [0.717, 1.165) is 5.56 Å². The number of aliphatic hydroxyl groups is 1. The van der Waals surface area contributed by atoms with Gasteiger partial charge in [-0.3, -0.25) is 9.59 Å². The molecule has 1 N–H and O–H groups in total. The third-order valence-electron chi connectivity index (χ3n) is 4.68. The third-order valence-corrected chi connectivity index (χ3v) is 4.68. The highest BCUT2D eigenvalue weighted by Crippen LogP contribution is 2.30. The van der Waals surface area contributed by atoms with Crippen molar-refractivity contribution in [2.45, 2.75) is 51.4 Å². The van der Waals surface area contributed by atoms with Crippen LogP contribution in [0.4, 0.5) is 0 Å². The fourth-order valence-electron chi connectivity index (χ4n) is 3.60. The van der Waals surface area contributed by atoms with Crippen molar-refractivity contribution >= 4 is 11.8 Å². The average Bonchev–Trinajstić information content (AvgIpc) is 2.91. The van der Waals surface area contributed by atoms with E-state index in [-0.39, 0.29) is 18.4 Å². The summed E-state index contributed by atoms with van der Waals surface area (Å²) < 4.78 is 0. The molecule has 2 saturated heterocycles. The lowest BCUT2D eigenvalue weighted by molar-refractivity contribution is -0.160. The molecule has 0 bridgehead atoms. The van der Waals surface area contributed by atoms with Gasteiger partial charge in [0.05, 0.1) is 6.10 Å². The maximum absolute atomic E-state index is 12.9. The molecule has 3 atom stereocenters. The Balaban J connectivity index is 1.89. The zero-order valence-electron chi connectivity index (χ0n) is 13.7. The van der Waals surface area contributed by atoms with Crippen LogP contribution in [-0.4, -0.2) is 51.5 Å². The molecule has 3 rings (SSSR count). The average molecular weight is 316 g/mol. The normalized spacial score (nSPS) is 27.7. The Hall–Kier alpha value is -1.88. The number of hydrogen-bond donors (Lipinski definition) is 1. The molecule has 1 aromatic rings. The van der Waals surface area contributed by atoms with Crippen molar-refractivity contribution in [1.82, 2.24) is 9.80 Å². The van der Waals surface area contributed by atoms with E-state index in [1.807, 2.05) is 30.3 Å². The van der Waals surface area contributed by atoms with Crippen LogP contribution in [0.2, 0.25) is 0 Å². The molecule has 2 fully saturated rings. The smallest absolute Gasteiger partial charge is 0.246 e. The van der Waals surface area contributed by atoms with E-state index in [2.05, 4.69) is 13.8 Å². The molecule has 0 spiro atoms. The lowest BCUT2D eigenvalue weighted by Crippen LogP contribution is -2.62. The molecule has 2 aliphatic rings. The maximum atomic E-state index is 12.9. The fourth-order valence-corrected chi connectivity index (χ4v) is 3.60. The second kappa shape index (κ2) is 6.32. The van der Waals surface area contributed by atoms with Crippen molar-refractivity contribution in [2.24, 2.45) is 5.92 Å². The maximum Gasteiger partial charge on any atom is 0.246 e. The summed E-state index contributed by atoms with van der Waals surface area (Å²) in [5.41, 5.74) is 1.02. The topological polar surface area (TPSA) is 60.9 Å². The predicted molar refractivity (Wildman–Crippen MR) is 86.4 cm³/mol. The van der Waals surface area contributed by atoms with Crippen LogP contribution in [-0.2, 0) is 16.1 Å². The summed E-state index contributed by atoms with van der Waals surface area (Å²) in [6.45, 7) is 4.85. The van der Waals surface area contributed by atoms with E-state index in [1.54, 1.807) is 9.80 Å². The number of hydrogen-bond acceptors (Lipinski definition) is 3. The Morgan fingerprint density at radius 2 is 1.87 bits per heavy atom. The highest BCUT2D eigenvalue weighted by Gasteiger charge is 2.49.